The molecule has 1 amide bonds. The summed E-state index contributed by atoms with van der Waals surface area (Å²) in [4.78, 5) is 32.5. The summed E-state index contributed by atoms with van der Waals surface area (Å²) in [6, 6.07) is 0. The Bertz CT molecular complexity index is 700. The van der Waals surface area contributed by atoms with Gasteiger partial charge in [0.15, 0.2) is 9.47 Å². The van der Waals surface area contributed by atoms with E-state index in [1.807, 2.05) is 6.26 Å². The van der Waals surface area contributed by atoms with E-state index in [2.05, 4.69) is 19.7 Å². The van der Waals surface area contributed by atoms with Gasteiger partial charge in [-0.15, -0.1) is 0 Å². The number of thiazole rings is 1. The fraction of sp³-hybridized carbons (Fsp3) is 0.417. The second-order valence-corrected chi connectivity index (χ2v) is 7.78. The first kappa shape index (κ1) is 18.2. The first-order valence-electron chi connectivity index (χ1n) is 6.48. The van der Waals surface area contributed by atoms with Crippen LogP contribution < -0.4 is 5.32 Å². The second-order valence-electron chi connectivity index (χ2n) is 4.04. The minimum Gasteiger partial charge on any atom is -0.462 e. The van der Waals surface area contributed by atoms with Gasteiger partial charge in [-0.2, -0.15) is 4.37 Å². The van der Waals surface area contributed by atoms with Crippen molar-refractivity contribution >= 4 is 63.4 Å². The summed E-state index contributed by atoms with van der Waals surface area (Å²) in [5.41, 5.74) is 0.546. The fourth-order valence-electron chi connectivity index (χ4n) is 1.46. The number of hydrogen-bond acceptors (Lipinski definition) is 10. The van der Waals surface area contributed by atoms with Gasteiger partial charge in [0.2, 0.25) is 11.1 Å². The minimum absolute atomic E-state index is 0.205. The number of carbonyl (C=O) groups is 2. The number of nitrogens with zero attached hydrogens (tertiary/aromatic N) is 3. The molecule has 0 radical (unpaired) electrons. The Kier molecular flexibility index (Phi) is 6.81. The maximum absolute atomic E-state index is 11.9. The van der Waals surface area contributed by atoms with Gasteiger partial charge in [0.25, 0.3) is 0 Å². The van der Waals surface area contributed by atoms with Gasteiger partial charge in [0.05, 0.1) is 18.1 Å². The number of esters is 1. The predicted octanol–water partition coefficient (Wildman–Crippen LogP) is 2.93. The molecule has 7 nitrogen and oxygen atoms in total. The van der Waals surface area contributed by atoms with E-state index in [0.29, 0.717) is 27.5 Å². The molecule has 0 aliphatic carbocycles. The summed E-state index contributed by atoms with van der Waals surface area (Å²) in [5, 5.41) is 3.77. The van der Waals surface area contributed by atoms with Crippen LogP contribution in [0.4, 0.5) is 5.13 Å². The summed E-state index contributed by atoms with van der Waals surface area (Å²) >= 11 is 5.15. The molecule has 0 aromatic carbocycles. The van der Waals surface area contributed by atoms with E-state index < -0.39 is 5.97 Å². The average Bonchev–Trinajstić information content (AvgIpc) is 3.12. The highest BCUT2D eigenvalue weighted by Crippen LogP contribution is 2.25. The molecule has 0 atom stereocenters. The highest BCUT2D eigenvalue weighted by molar-refractivity contribution is 8.01. The molecule has 1 N–H and O–H groups in total. The molecule has 2 rings (SSSR count). The zero-order valence-corrected chi connectivity index (χ0v) is 15.9. The summed E-state index contributed by atoms with van der Waals surface area (Å²) in [5.74, 6) is -0.424. The van der Waals surface area contributed by atoms with Crippen LogP contribution in [0.15, 0.2) is 9.50 Å². The highest BCUT2D eigenvalue weighted by atomic mass is 32.2. The van der Waals surface area contributed by atoms with Gasteiger partial charge in [-0.3, -0.25) is 4.79 Å². The Labute approximate surface area is 149 Å². The number of aryl methyl sites for hydroxylation is 1. The molecule has 0 unspecified atom stereocenters. The van der Waals surface area contributed by atoms with E-state index in [1.54, 1.807) is 13.8 Å². The third-order valence-corrected chi connectivity index (χ3v) is 5.95. The van der Waals surface area contributed by atoms with Crippen LogP contribution in [0, 0.1) is 6.92 Å². The molecule has 0 spiro atoms. The van der Waals surface area contributed by atoms with Crippen LogP contribution in [0.25, 0.3) is 0 Å². The van der Waals surface area contributed by atoms with E-state index in [0.717, 1.165) is 15.7 Å². The van der Waals surface area contributed by atoms with Crippen LogP contribution in [0.3, 0.4) is 0 Å². The molecule has 124 valence electrons. The van der Waals surface area contributed by atoms with Gasteiger partial charge in [0.1, 0.15) is 4.88 Å². The smallest absolute Gasteiger partial charge is 0.350 e. The number of rotatable bonds is 7. The average molecular weight is 391 g/mol. The number of ether oxygens (including phenoxy) is 1. The first-order valence-corrected chi connectivity index (χ1v) is 10.3. The fourth-order valence-corrected chi connectivity index (χ4v) is 4.34. The van der Waals surface area contributed by atoms with Crippen molar-refractivity contribution in [1.29, 1.82) is 0 Å². The van der Waals surface area contributed by atoms with Crippen molar-refractivity contribution in [3.8, 4) is 0 Å². The normalized spacial score (nSPS) is 10.6. The zero-order valence-electron chi connectivity index (χ0n) is 12.6. The largest absolute Gasteiger partial charge is 0.462 e. The lowest BCUT2D eigenvalue weighted by Gasteiger charge is -1.99. The molecule has 2 aromatic heterocycles. The van der Waals surface area contributed by atoms with Gasteiger partial charge < -0.3 is 10.1 Å². The molecule has 11 heteroatoms. The van der Waals surface area contributed by atoms with E-state index in [-0.39, 0.29) is 11.7 Å². The molecule has 0 bridgehead atoms. The number of aromatic nitrogens is 3. The van der Waals surface area contributed by atoms with Gasteiger partial charge in [0, 0.05) is 0 Å². The van der Waals surface area contributed by atoms with Crippen LogP contribution in [-0.4, -0.2) is 44.8 Å². The SMILES string of the molecule is CCOC(=O)c1sc(NC(=O)CSc2nc(SC)ns2)nc1C. The maximum atomic E-state index is 11.9. The van der Waals surface area contributed by atoms with Crippen LogP contribution in [0.2, 0.25) is 0 Å². The van der Waals surface area contributed by atoms with Crippen molar-refractivity contribution in [2.24, 2.45) is 0 Å². The highest BCUT2D eigenvalue weighted by Gasteiger charge is 2.17. The Morgan fingerprint density at radius 1 is 1.35 bits per heavy atom. The lowest BCUT2D eigenvalue weighted by molar-refractivity contribution is -0.113. The summed E-state index contributed by atoms with van der Waals surface area (Å²) in [6.45, 7) is 3.75. The van der Waals surface area contributed by atoms with Gasteiger partial charge in [-0.25, -0.2) is 14.8 Å². The third-order valence-electron chi connectivity index (χ3n) is 2.40. The molecule has 0 aliphatic rings. The summed E-state index contributed by atoms with van der Waals surface area (Å²) < 4.78 is 9.81. The molecule has 2 heterocycles. The monoisotopic (exact) mass is 390 g/mol. The number of anilines is 1. The minimum atomic E-state index is -0.421. The number of carbonyl (C=O) groups excluding carboxylic acids is 2. The lowest BCUT2D eigenvalue weighted by Crippen LogP contribution is -2.13. The van der Waals surface area contributed by atoms with Crippen LogP contribution >= 0.6 is 46.4 Å². The van der Waals surface area contributed by atoms with Crippen molar-refractivity contribution < 1.29 is 14.3 Å². The topological polar surface area (TPSA) is 94.1 Å². The van der Waals surface area contributed by atoms with E-state index >= 15 is 0 Å². The number of nitrogens with one attached hydrogen (secondary N) is 1. The third kappa shape index (κ3) is 5.16. The second kappa shape index (κ2) is 8.62. The van der Waals surface area contributed by atoms with E-state index in [1.165, 1.54) is 35.1 Å². The summed E-state index contributed by atoms with van der Waals surface area (Å²) in [7, 11) is 0. The van der Waals surface area contributed by atoms with E-state index in [4.69, 9.17) is 4.74 Å². The molecular formula is C12H14N4O3S4. The van der Waals surface area contributed by atoms with Crippen molar-refractivity contribution in [2.45, 2.75) is 23.3 Å². The van der Waals surface area contributed by atoms with Crippen molar-refractivity contribution in [1.82, 2.24) is 14.3 Å². The van der Waals surface area contributed by atoms with Crippen molar-refractivity contribution in [2.75, 3.05) is 23.9 Å². The molecule has 2 aromatic rings. The summed E-state index contributed by atoms with van der Waals surface area (Å²) in [6.07, 6.45) is 1.90. The standard InChI is InChI=1S/C12H14N4O3S4/c1-4-19-9(18)8-6(2)13-10(22-8)14-7(17)5-21-12-15-11(20-3)16-23-12/h4-5H2,1-3H3,(H,13,14,17). The quantitative estimate of drug-likeness (QED) is 0.570. The molecule has 0 saturated carbocycles. The Morgan fingerprint density at radius 2 is 2.13 bits per heavy atom. The van der Waals surface area contributed by atoms with Crippen molar-refractivity contribution in [3.63, 3.8) is 0 Å². The maximum Gasteiger partial charge on any atom is 0.350 e. The number of thioether (sulfide) groups is 2. The predicted molar refractivity (Wildman–Crippen MR) is 93.9 cm³/mol. The van der Waals surface area contributed by atoms with Crippen LogP contribution in [0.1, 0.15) is 22.3 Å². The Balaban J connectivity index is 1.90. The number of amides is 1. The van der Waals surface area contributed by atoms with E-state index in [9.17, 15) is 9.59 Å². The van der Waals surface area contributed by atoms with Crippen LogP contribution in [-0.2, 0) is 9.53 Å². The van der Waals surface area contributed by atoms with Gasteiger partial charge in [-0.05, 0) is 31.6 Å². The molecule has 0 fully saturated rings. The molecule has 0 saturated heterocycles. The first-order chi connectivity index (χ1) is 11.0. The zero-order chi connectivity index (χ0) is 16.8. The van der Waals surface area contributed by atoms with Gasteiger partial charge in [-0.1, -0.05) is 34.9 Å². The lowest BCUT2D eigenvalue weighted by atomic mass is 10.4. The van der Waals surface area contributed by atoms with Gasteiger partial charge >= 0.3 is 5.97 Å². The molecule has 0 aliphatic heterocycles. The molecule has 23 heavy (non-hydrogen) atoms. The number of hydrogen-bond donors (Lipinski definition) is 1. The van der Waals surface area contributed by atoms with Crippen molar-refractivity contribution in [3.05, 3.63) is 10.6 Å². The Morgan fingerprint density at radius 3 is 2.78 bits per heavy atom. The molecular weight excluding hydrogens is 376 g/mol. The van der Waals surface area contributed by atoms with Crippen LogP contribution in [0.5, 0.6) is 0 Å². The Hall–Kier alpha value is -1.17.